The average molecular weight is 872 g/mol. The summed E-state index contributed by atoms with van der Waals surface area (Å²) in [5.41, 5.74) is -2.22. The van der Waals surface area contributed by atoms with E-state index >= 15 is 0 Å². The number of halogens is 4. The van der Waals surface area contributed by atoms with Crippen molar-refractivity contribution in [3.8, 4) is 11.5 Å². The van der Waals surface area contributed by atoms with Crippen LogP contribution in [-0.4, -0.2) is 96.6 Å². The maximum absolute atomic E-state index is 12.8. The van der Waals surface area contributed by atoms with Crippen LogP contribution in [0.2, 0.25) is 5.02 Å². The van der Waals surface area contributed by atoms with Crippen molar-refractivity contribution in [2.24, 2.45) is 0 Å². The topological polar surface area (TPSA) is 275 Å². The van der Waals surface area contributed by atoms with Gasteiger partial charge in [-0.2, -0.15) is 28.1 Å². The Kier molecular flexibility index (Phi) is 20.1. The molecule has 6 N–H and O–H groups in total. The largest absolute Gasteiger partial charge is 0.480 e. The van der Waals surface area contributed by atoms with E-state index in [1.165, 1.54) is 18.7 Å². The fourth-order valence-electron chi connectivity index (χ4n) is 3.70. The van der Waals surface area contributed by atoms with E-state index < -0.39 is 72.4 Å². The van der Waals surface area contributed by atoms with Crippen LogP contribution in [0.15, 0.2) is 41.6 Å². The molecule has 0 saturated heterocycles. The molecule has 2 aromatic carbocycles. The highest BCUT2D eigenvalue weighted by molar-refractivity contribution is 7.98. The molecular weight excluding hydrogens is 830 g/mol. The second kappa shape index (κ2) is 22.8. The normalized spacial score (nSPS) is 11.7. The molecule has 0 saturated carbocycles. The van der Waals surface area contributed by atoms with Gasteiger partial charge in [0.2, 0.25) is 11.9 Å². The number of carboxylic acid groups (broad SMARTS) is 1. The minimum absolute atomic E-state index is 0.0398. The second-order valence-electron chi connectivity index (χ2n) is 12.0. The van der Waals surface area contributed by atoms with Gasteiger partial charge in [-0.05, 0) is 72.1 Å². The van der Waals surface area contributed by atoms with Gasteiger partial charge in [0.25, 0.3) is 5.69 Å². The molecule has 3 rings (SSSR count). The van der Waals surface area contributed by atoms with Gasteiger partial charge in [0.05, 0.1) is 34.9 Å². The standard InChI is InChI=1S/C19H15ClF3NO7.C10H19N5S.C3H8NO5P/c1-3-29-17(25)10(2)30-18(26)13-9-12(5-6-15(13)24(27)28)31-16-7-4-11(8-14(16)20)19(21,22)23;1-6-11-7-12-8(15-10(2,3)4)14-9(13-7)16-5;5-3(6)1-4-2-10(7,8)9/h4-10H,3H2,1-2H3;6H2,1-5H3,(H2,11,12,13,14,15);4H,1-2H2,(H,5,6)(H2,7,8,9). The van der Waals surface area contributed by atoms with Crippen LogP contribution in [-0.2, 0) is 29.8 Å². The van der Waals surface area contributed by atoms with Crippen molar-refractivity contribution in [3.63, 3.8) is 0 Å². The van der Waals surface area contributed by atoms with Gasteiger partial charge in [-0.1, -0.05) is 23.4 Å². The first-order valence-electron chi connectivity index (χ1n) is 16.3. The van der Waals surface area contributed by atoms with Gasteiger partial charge in [-0.3, -0.25) is 24.8 Å². The molecule has 57 heavy (non-hydrogen) atoms. The minimum Gasteiger partial charge on any atom is -0.480 e. The highest BCUT2D eigenvalue weighted by Crippen LogP contribution is 2.37. The fourth-order valence-corrected chi connectivity index (χ4v) is 4.68. The van der Waals surface area contributed by atoms with Crippen molar-refractivity contribution < 1.29 is 66.1 Å². The van der Waals surface area contributed by atoms with Crippen LogP contribution in [0.5, 0.6) is 11.5 Å². The number of aliphatic carboxylic acids is 1. The molecule has 3 aromatic rings. The predicted octanol–water partition coefficient (Wildman–Crippen LogP) is 6.20. The highest BCUT2D eigenvalue weighted by Gasteiger charge is 2.31. The monoisotopic (exact) mass is 871 g/mol. The summed E-state index contributed by atoms with van der Waals surface area (Å²) in [6.45, 7) is 11.4. The number of anilines is 2. The van der Waals surface area contributed by atoms with E-state index in [1.807, 2.05) is 13.2 Å². The van der Waals surface area contributed by atoms with Gasteiger partial charge in [0.15, 0.2) is 11.3 Å². The molecule has 0 amide bonds. The maximum atomic E-state index is 12.8. The number of hydrogen-bond acceptors (Lipinski definition) is 16. The van der Waals surface area contributed by atoms with Gasteiger partial charge in [0, 0.05) is 24.2 Å². The molecule has 1 atom stereocenters. The molecule has 0 spiro atoms. The Labute approximate surface area is 333 Å². The molecule has 0 fully saturated rings. The van der Waals surface area contributed by atoms with E-state index in [-0.39, 0.29) is 28.7 Å². The molecule has 0 aliphatic heterocycles. The number of rotatable bonds is 15. The summed E-state index contributed by atoms with van der Waals surface area (Å²) in [7, 11) is -4.10. The molecule has 0 aliphatic carbocycles. The lowest BCUT2D eigenvalue weighted by Crippen LogP contribution is -2.27. The Bertz CT molecular complexity index is 1900. The van der Waals surface area contributed by atoms with Gasteiger partial charge < -0.3 is 39.7 Å². The number of nitro groups is 1. The smallest absolute Gasteiger partial charge is 0.416 e. The number of benzene rings is 2. The predicted molar refractivity (Wildman–Crippen MR) is 203 cm³/mol. The first kappa shape index (κ1) is 50.2. The third kappa shape index (κ3) is 19.8. The van der Waals surface area contributed by atoms with E-state index in [1.54, 1.807) is 6.92 Å². The van der Waals surface area contributed by atoms with Crippen molar-refractivity contribution in [3.05, 3.63) is 62.7 Å². The lowest BCUT2D eigenvalue weighted by Gasteiger charge is -2.20. The molecule has 316 valence electrons. The Morgan fingerprint density at radius 2 is 1.68 bits per heavy atom. The number of carboxylic acids is 1. The van der Waals surface area contributed by atoms with Crippen LogP contribution in [0.25, 0.3) is 0 Å². The minimum atomic E-state index is -4.61. The molecule has 25 heteroatoms. The number of aromatic nitrogens is 3. The molecule has 0 radical (unpaired) electrons. The van der Waals surface area contributed by atoms with Crippen molar-refractivity contribution in [1.82, 2.24) is 20.3 Å². The van der Waals surface area contributed by atoms with Crippen LogP contribution in [0.1, 0.15) is 57.5 Å². The van der Waals surface area contributed by atoms with E-state index in [2.05, 4.69) is 51.7 Å². The summed E-state index contributed by atoms with van der Waals surface area (Å²) in [5.74, 6) is -2.27. The van der Waals surface area contributed by atoms with E-state index in [9.17, 15) is 42.2 Å². The Hall–Kier alpha value is -4.80. The number of nitrogens with zero attached hydrogens (tertiary/aromatic N) is 4. The number of alkyl halides is 3. The van der Waals surface area contributed by atoms with E-state index in [0.29, 0.717) is 18.0 Å². The van der Waals surface area contributed by atoms with Crippen LogP contribution < -0.4 is 20.7 Å². The first-order chi connectivity index (χ1) is 26.3. The Balaban J connectivity index is 0.000000517. The molecule has 1 aromatic heterocycles. The van der Waals surface area contributed by atoms with Crippen LogP contribution in [0, 0.1) is 10.1 Å². The third-order valence-electron chi connectivity index (χ3n) is 5.99. The van der Waals surface area contributed by atoms with E-state index in [0.717, 1.165) is 42.0 Å². The van der Waals surface area contributed by atoms with Crippen LogP contribution >= 0.6 is 31.0 Å². The summed E-state index contributed by atoms with van der Waals surface area (Å²) in [4.78, 5) is 73.4. The van der Waals surface area contributed by atoms with Gasteiger partial charge >= 0.3 is 31.7 Å². The third-order valence-corrected chi connectivity index (χ3v) is 7.47. The van der Waals surface area contributed by atoms with Crippen molar-refractivity contribution in [1.29, 1.82) is 0 Å². The Morgan fingerprint density at radius 1 is 1.05 bits per heavy atom. The van der Waals surface area contributed by atoms with Crippen LogP contribution in [0.4, 0.5) is 30.8 Å². The van der Waals surface area contributed by atoms with Crippen LogP contribution in [0.3, 0.4) is 0 Å². The zero-order valence-electron chi connectivity index (χ0n) is 31.5. The van der Waals surface area contributed by atoms with Crippen molar-refractivity contribution in [2.75, 3.05) is 42.9 Å². The first-order valence-corrected chi connectivity index (χ1v) is 19.7. The second-order valence-corrected chi connectivity index (χ2v) is 14.8. The van der Waals surface area contributed by atoms with Crippen molar-refractivity contribution in [2.45, 2.75) is 64.5 Å². The number of thioether (sulfide) groups is 1. The van der Waals surface area contributed by atoms with Crippen molar-refractivity contribution >= 4 is 66.5 Å². The number of hydrogen-bond donors (Lipinski definition) is 6. The lowest BCUT2D eigenvalue weighted by atomic mass is 10.1. The van der Waals surface area contributed by atoms with Gasteiger partial charge in [0.1, 0.15) is 17.1 Å². The van der Waals surface area contributed by atoms with Gasteiger partial charge in [-0.25, -0.2) is 9.59 Å². The number of ether oxygens (including phenoxy) is 3. The fraction of sp³-hybridized carbons (Fsp3) is 0.438. The lowest BCUT2D eigenvalue weighted by molar-refractivity contribution is -0.385. The summed E-state index contributed by atoms with van der Waals surface area (Å²) < 4.78 is 63.3. The molecule has 1 heterocycles. The number of nitrogens with one attached hydrogen (secondary N) is 3. The highest BCUT2D eigenvalue weighted by atomic mass is 35.5. The zero-order valence-corrected chi connectivity index (χ0v) is 34.0. The quantitative estimate of drug-likeness (QED) is 0.0326. The summed E-state index contributed by atoms with van der Waals surface area (Å²) in [5, 5.41) is 28.0. The molecule has 1 unspecified atom stereocenters. The SMILES string of the molecule is CCNc1nc(NC(C)(C)C)nc(SC)n1.CCOC(=O)C(C)OC(=O)c1cc(Oc2ccc(C(F)(F)F)cc2Cl)ccc1[N+](=O)[O-].O=C(O)CNCP(=O)(O)O. The molecular formula is C32H42ClF3N7O12PS. The molecule has 0 bridgehead atoms. The average Bonchev–Trinajstić information content (AvgIpc) is 3.07. The maximum Gasteiger partial charge on any atom is 0.416 e. The summed E-state index contributed by atoms with van der Waals surface area (Å²) in [6, 6.07) is 5.37. The number of carbonyl (C=O) groups excluding carboxylic acids is 2. The molecule has 0 aliphatic rings. The molecule has 19 nitrogen and oxygen atoms in total. The number of carbonyl (C=O) groups is 3. The van der Waals surface area contributed by atoms with E-state index in [4.69, 9.17) is 40.7 Å². The Morgan fingerprint density at radius 3 is 2.18 bits per heavy atom. The van der Waals surface area contributed by atoms with Gasteiger partial charge in [-0.15, -0.1) is 0 Å². The number of esters is 2. The summed E-state index contributed by atoms with van der Waals surface area (Å²) in [6.07, 6.45) is -4.59. The number of nitro benzene ring substituents is 1. The summed E-state index contributed by atoms with van der Waals surface area (Å²) >= 11 is 7.33. The zero-order chi connectivity index (χ0) is 43.7.